The smallest absolute Gasteiger partial charge is 0.244 e. The number of likely N-dealkylation sites (N-methyl/N-ethyl adjacent to an activating group) is 1. The fourth-order valence-electron chi connectivity index (χ4n) is 2.89. The van der Waals surface area contributed by atoms with Gasteiger partial charge in [0.25, 0.3) is 0 Å². The molecule has 0 saturated carbocycles. The zero-order valence-corrected chi connectivity index (χ0v) is 15.2. The SMILES string of the molecule is CNC(C(=O)N1CCN(CCC(C)(C)C)CC1)c1cnn(C)c1. The van der Waals surface area contributed by atoms with Crippen LogP contribution in [0.15, 0.2) is 12.4 Å². The number of nitrogens with one attached hydrogen (secondary N) is 1. The third-order valence-electron chi connectivity index (χ3n) is 4.46. The van der Waals surface area contributed by atoms with E-state index in [-0.39, 0.29) is 11.9 Å². The summed E-state index contributed by atoms with van der Waals surface area (Å²) in [5.41, 5.74) is 1.29. The van der Waals surface area contributed by atoms with Crippen LogP contribution in [0.4, 0.5) is 0 Å². The van der Waals surface area contributed by atoms with Gasteiger partial charge in [0.1, 0.15) is 6.04 Å². The molecule has 1 atom stereocenters. The Morgan fingerprint density at radius 2 is 1.96 bits per heavy atom. The van der Waals surface area contributed by atoms with Gasteiger partial charge in [0.2, 0.25) is 5.91 Å². The molecule has 2 rings (SSSR count). The van der Waals surface area contributed by atoms with Crippen LogP contribution in [0.2, 0.25) is 0 Å². The standard InChI is InChI=1S/C17H31N5O/c1-17(2,3)6-7-21-8-10-22(11-9-21)16(23)15(18-4)14-12-19-20(5)13-14/h12-13,15,18H,6-11H2,1-5H3. The first-order valence-electron chi connectivity index (χ1n) is 8.47. The second kappa shape index (κ2) is 7.45. The van der Waals surface area contributed by atoms with Crippen molar-refractivity contribution in [3.8, 4) is 0 Å². The fraction of sp³-hybridized carbons (Fsp3) is 0.765. The van der Waals surface area contributed by atoms with Gasteiger partial charge < -0.3 is 10.2 Å². The molecule has 0 bridgehead atoms. The number of rotatable bonds is 5. The molecule has 1 amide bonds. The van der Waals surface area contributed by atoms with Gasteiger partial charge >= 0.3 is 0 Å². The summed E-state index contributed by atoms with van der Waals surface area (Å²) < 4.78 is 1.73. The van der Waals surface area contributed by atoms with Crippen molar-refractivity contribution in [3.05, 3.63) is 18.0 Å². The molecule has 6 heteroatoms. The van der Waals surface area contributed by atoms with Crippen LogP contribution in [0.3, 0.4) is 0 Å². The third kappa shape index (κ3) is 5.04. The van der Waals surface area contributed by atoms with E-state index in [1.54, 1.807) is 10.9 Å². The molecule has 1 N–H and O–H groups in total. The molecule has 2 heterocycles. The molecule has 1 saturated heterocycles. The summed E-state index contributed by atoms with van der Waals surface area (Å²) in [5.74, 6) is 0.149. The van der Waals surface area contributed by atoms with Crippen LogP contribution in [0, 0.1) is 5.41 Å². The number of carbonyl (C=O) groups excluding carboxylic acids is 1. The Bertz CT molecular complexity index is 511. The fourth-order valence-corrected chi connectivity index (χ4v) is 2.89. The lowest BCUT2D eigenvalue weighted by Crippen LogP contribution is -2.51. The first kappa shape index (κ1) is 17.9. The molecule has 0 aliphatic carbocycles. The molecule has 0 radical (unpaired) electrons. The van der Waals surface area contributed by atoms with E-state index in [1.807, 2.05) is 25.2 Å². The number of amides is 1. The molecule has 6 nitrogen and oxygen atoms in total. The minimum Gasteiger partial charge on any atom is -0.338 e. The Morgan fingerprint density at radius 1 is 1.30 bits per heavy atom. The summed E-state index contributed by atoms with van der Waals surface area (Å²) in [5, 5.41) is 7.30. The van der Waals surface area contributed by atoms with E-state index >= 15 is 0 Å². The average Bonchev–Trinajstić information content (AvgIpc) is 2.92. The quantitative estimate of drug-likeness (QED) is 0.887. The van der Waals surface area contributed by atoms with Gasteiger partial charge in [-0.3, -0.25) is 14.4 Å². The number of carbonyl (C=O) groups is 1. The minimum atomic E-state index is -0.301. The molecule has 1 aliphatic rings. The Kier molecular flexibility index (Phi) is 5.81. The summed E-state index contributed by atoms with van der Waals surface area (Å²) >= 11 is 0. The Hall–Kier alpha value is -1.40. The molecule has 1 unspecified atom stereocenters. The number of hydrogen-bond acceptors (Lipinski definition) is 4. The highest BCUT2D eigenvalue weighted by molar-refractivity contribution is 5.83. The van der Waals surface area contributed by atoms with E-state index in [0.717, 1.165) is 38.3 Å². The van der Waals surface area contributed by atoms with Crippen LogP contribution in [0.25, 0.3) is 0 Å². The molecule has 0 aromatic carbocycles. The number of piperazine rings is 1. The molecule has 1 aromatic heterocycles. The van der Waals surface area contributed by atoms with E-state index < -0.39 is 0 Å². The summed E-state index contributed by atoms with van der Waals surface area (Å²) in [6.07, 6.45) is 4.85. The largest absolute Gasteiger partial charge is 0.338 e. The zero-order valence-electron chi connectivity index (χ0n) is 15.2. The minimum absolute atomic E-state index is 0.149. The van der Waals surface area contributed by atoms with E-state index in [1.165, 1.54) is 6.42 Å². The molecule has 0 spiro atoms. The van der Waals surface area contributed by atoms with Gasteiger partial charge in [-0.15, -0.1) is 0 Å². The molecule has 1 aliphatic heterocycles. The Balaban J connectivity index is 1.87. The predicted molar refractivity (Wildman–Crippen MR) is 92.1 cm³/mol. The highest BCUT2D eigenvalue weighted by Crippen LogP contribution is 2.20. The van der Waals surface area contributed by atoms with Crippen molar-refractivity contribution in [2.45, 2.75) is 33.2 Å². The normalized spacial score (nSPS) is 18.2. The van der Waals surface area contributed by atoms with Crippen LogP contribution >= 0.6 is 0 Å². The van der Waals surface area contributed by atoms with Crippen molar-refractivity contribution in [2.24, 2.45) is 12.5 Å². The maximum absolute atomic E-state index is 12.8. The number of hydrogen-bond donors (Lipinski definition) is 1. The molecule has 1 fully saturated rings. The molecular formula is C17H31N5O. The molecule has 130 valence electrons. The van der Waals surface area contributed by atoms with E-state index in [0.29, 0.717) is 5.41 Å². The van der Waals surface area contributed by atoms with Crippen molar-refractivity contribution in [3.63, 3.8) is 0 Å². The van der Waals surface area contributed by atoms with Crippen molar-refractivity contribution in [1.29, 1.82) is 0 Å². The van der Waals surface area contributed by atoms with Crippen LogP contribution < -0.4 is 5.32 Å². The monoisotopic (exact) mass is 321 g/mol. The van der Waals surface area contributed by atoms with Crippen LogP contribution in [0.1, 0.15) is 38.8 Å². The van der Waals surface area contributed by atoms with Gasteiger partial charge in [0.05, 0.1) is 6.20 Å². The predicted octanol–water partition coefficient (Wildman–Crippen LogP) is 1.26. The lowest BCUT2D eigenvalue weighted by molar-refractivity contribution is -0.135. The summed E-state index contributed by atoms with van der Waals surface area (Å²) in [6, 6.07) is -0.301. The highest BCUT2D eigenvalue weighted by atomic mass is 16.2. The Labute approximate surface area is 139 Å². The second-order valence-electron chi connectivity index (χ2n) is 7.65. The lowest BCUT2D eigenvalue weighted by atomic mass is 9.92. The number of aryl methyl sites for hydroxylation is 1. The van der Waals surface area contributed by atoms with Crippen LogP contribution in [-0.2, 0) is 11.8 Å². The molecule has 23 heavy (non-hydrogen) atoms. The Morgan fingerprint density at radius 3 is 2.43 bits per heavy atom. The summed E-state index contributed by atoms with van der Waals surface area (Å²) in [6.45, 7) is 11.5. The van der Waals surface area contributed by atoms with Gasteiger partial charge in [-0.25, -0.2) is 0 Å². The first-order valence-corrected chi connectivity index (χ1v) is 8.47. The van der Waals surface area contributed by atoms with Gasteiger partial charge in [-0.05, 0) is 25.4 Å². The van der Waals surface area contributed by atoms with Gasteiger partial charge in [-0.2, -0.15) is 5.10 Å². The average molecular weight is 321 g/mol. The lowest BCUT2D eigenvalue weighted by Gasteiger charge is -2.37. The van der Waals surface area contributed by atoms with E-state index in [2.05, 4.69) is 36.1 Å². The summed E-state index contributed by atoms with van der Waals surface area (Å²) in [7, 11) is 3.70. The van der Waals surface area contributed by atoms with E-state index in [9.17, 15) is 4.79 Å². The summed E-state index contributed by atoms with van der Waals surface area (Å²) in [4.78, 5) is 17.2. The first-order chi connectivity index (χ1) is 10.8. The number of aromatic nitrogens is 2. The van der Waals surface area contributed by atoms with Crippen molar-refractivity contribution >= 4 is 5.91 Å². The maximum Gasteiger partial charge on any atom is 0.244 e. The van der Waals surface area contributed by atoms with Crippen molar-refractivity contribution in [1.82, 2.24) is 24.9 Å². The highest BCUT2D eigenvalue weighted by Gasteiger charge is 2.28. The number of nitrogens with zero attached hydrogens (tertiary/aromatic N) is 4. The second-order valence-corrected chi connectivity index (χ2v) is 7.65. The maximum atomic E-state index is 12.8. The van der Waals surface area contributed by atoms with Gasteiger partial charge in [-0.1, -0.05) is 20.8 Å². The molecule has 1 aromatic rings. The third-order valence-corrected chi connectivity index (χ3v) is 4.46. The zero-order chi connectivity index (χ0) is 17.0. The van der Waals surface area contributed by atoms with E-state index in [4.69, 9.17) is 0 Å². The van der Waals surface area contributed by atoms with Gasteiger partial charge in [0.15, 0.2) is 0 Å². The van der Waals surface area contributed by atoms with Crippen LogP contribution in [0.5, 0.6) is 0 Å². The molecular weight excluding hydrogens is 290 g/mol. The topological polar surface area (TPSA) is 53.4 Å². The van der Waals surface area contributed by atoms with Crippen LogP contribution in [-0.4, -0.2) is 65.3 Å². The van der Waals surface area contributed by atoms with Crippen molar-refractivity contribution in [2.75, 3.05) is 39.8 Å². The van der Waals surface area contributed by atoms with Crippen molar-refractivity contribution < 1.29 is 4.79 Å². The van der Waals surface area contributed by atoms with Gasteiger partial charge in [0, 0.05) is 45.0 Å².